The molecule has 0 saturated heterocycles. The molecule has 4 bridgehead atoms. The molecule has 0 spiro atoms. The maximum absolute atomic E-state index is 2.41. The van der Waals surface area contributed by atoms with Gasteiger partial charge in [0.25, 0.3) is 0 Å². The fraction of sp³-hybridized carbons (Fsp3) is 0.280. The van der Waals surface area contributed by atoms with Crippen molar-refractivity contribution in [3.63, 3.8) is 0 Å². The van der Waals surface area contributed by atoms with Crippen molar-refractivity contribution in [1.82, 2.24) is 0 Å². The van der Waals surface area contributed by atoms with Crippen LogP contribution in [0.3, 0.4) is 0 Å². The zero-order valence-corrected chi connectivity index (χ0v) is 14.1. The van der Waals surface area contributed by atoms with Crippen molar-refractivity contribution in [3.05, 3.63) is 106 Å². The van der Waals surface area contributed by atoms with Crippen molar-refractivity contribution in [2.45, 2.75) is 30.1 Å². The first-order valence-electron chi connectivity index (χ1n) is 9.70. The van der Waals surface area contributed by atoms with Gasteiger partial charge in [-0.15, -0.1) is 0 Å². The van der Waals surface area contributed by atoms with Gasteiger partial charge >= 0.3 is 0 Å². The predicted molar refractivity (Wildman–Crippen MR) is 100 cm³/mol. The number of fused-ring (bicyclic) bond motifs is 5. The Morgan fingerprint density at radius 3 is 1.12 bits per heavy atom. The summed E-state index contributed by atoms with van der Waals surface area (Å²) in [4.78, 5) is 0. The largest absolute Gasteiger partial charge is 0.0620 e. The van der Waals surface area contributed by atoms with Crippen LogP contribution >= 0.6 is 0 Å². The summed E-state index contributed by atoms with van der Waals surface area (Å²) in [5.41, 5.74) is 9.82. The quantitative estimate of drug-likeness (QED) is 0.491. The smallest absolute Gasteiger partial charge is 0.0133 e. The lowest BCUT2D eigenvalue weighted by Gasteiger charge is -2.53. The Kier molecular flexibility index (Phi) is 2.20. The van der Waals surface area contributed by atoms with E-state index in [9.17, 15) is 0 Å². The summed E-state index contributed by atoms with van der Waals surface area (Å²) >= 11 is 0. The molecule has 8 rings (SSSR count). The summed E-state index contributed by atoms with van der Waals surface area (Å²) in [5.74, 6) is 4.33. The summed E-state index contributed by atoms with van der Waals surface area (Å²) < 4.78 is 0. The Balaban J connectivity index is 1.54. The van der Waals surface area contributed by atoms with Crippen molar-refractivity contribution in [1.29, 1.82) is 0 Å². The maximum Gasteiger partial charge on any atom is 0.0133 e. The van der Waals surface area contributed by atoms with Crippen molar-refractivity contribution < 1.29 is 0 Å². The number of hydrogen-bond donors (Lipinski definition) is 0. The van der Waals surface area contributed by atoms with E-state index in [1.807, 2.05) is 0 Å². The van der Waals surface area contributed by atoms with Gasteiger partial charge in [0.2, 0.25) is 0 Å². The minimum absolute atomic E-state index is 0.603. The van der Waals surface area contributed by atoms with Crippen LogP contribution < -0.4 is 0 Å². The van der Waals surface area contributed by atoms with Crippen LogP contribution in [0.5, 0.6) is 0 Å². The molecule has 0 aromatic heterocycles. The van der Waals surface area contributed by atoms with Crippen LogP contribution in [0, 0.1) is 11.8 Å². The van der Waals surface area contributed by atoms with Gasteiger partial charge in [0, 0.05) is 11.8 Å². The summed E-state index contributed by atoms with van der Waals surface area (Å²) in [7, 11) is 0. The second kappa shape index (κ2) is 4.25. The first kappa shape index (κ1) is 12.9. The van der Waals surface area contributed by atoms with Crippen molar-refractivity contribution in [3.8, 4) is 0 Å². The fourth-order valence-electron chi connectivity index (χ4n) is 7.21. The lowest BCUT2D eigenvalue weighted by molar-refractivity contribution is 0.226. The van der Waals surface area contributed by atoms with E-state index >= 15 is 0 Å². The van der Waals surface area contributed by atoms with Gasteiger partial charge in [-0.2, -0.15) is 0 Å². The minimum Gasteiger partial charge on any atom is -0.0620 e. The van der Waals surface area contributed by atoms with Gasteiger partial charge in [-0.05, 0) is 63.5 Å². The van der Waals surface area contributed by atoms with Crippen LogP contribution in [0.15, 0.2) is 72.8 Å². The van der Waals surface area contributed by atoms with Gasteiger partial charge in [0.15, 0.2) is 0 Å². The normalized spacial score (nSPS) is 35.0. The van der Waals surface area contributed by atoms with Crippen LogP contribution in [0.4, 0.5) is 0 Å². The number of hydrogen-bond acceptors (Lipinski definition) is 0. The van der Waals surface area contributed by atoms with Gasteiger partial charge in [-0.3, -0.25) is 0 Å². The van der Waals surface area contributed by atoms with E-state index < -0.39 is 0 Å². The molecule has 0 heteroatoms. The molecule has 0 amide bonds. The number of rotatable bonds is 0. The average molecular weight is 320 g/mol. The lowest BCUT2D eigenvalue weighted by Crippen LogP contribution is -2.42. The summed E-state index contributed by atoms with van der Waals surface area (Å²) in [5, 5.41) is 0. The Labute approximate surface area is 148 Å². The molecule has 0 radical (unpaired) electrons. The van der Waals surface area contributed by atoms with E-state index in [2.05, 4.69) is 72.8 Å². The summed E-state index contributed by atoms with van der Waals surface area (Å²) in [6, 6.07) is 28.0. The Morgan fingerprint density at radius 1 is 0.440 bits per heavy atom. The molecule has 3 aromatic carbocycles. The molecule has 0 nitrogen and oxygen atoms in total. The van der Waals surface area contributed by atoms with E-state index in [0.29, 0.717) is 11.8 Å². The SMILES string of the molecule is c1ccc2c(c1)C1C[C@H]2C2C3c4ccccc4C(c4ccccc43)C12. The highest BCUT2D eigenvalue weighted by Crippen LogP contribution is 2.73. The van der Waals surface area contributed by atoms with E-state index in [1.165, 1.54) is 6.42 Å². The predicted octanol–water partition coefficient (Wildman–Crippen LogP) is 5.79. The van der Waals surface area contributed by atoms with E-state index in [4.69, 9.17) is 0 Å². The topological polar surface area (TPSA) is 0 Å². The van der Waals surface area contributed by atoms with Gasteiger partial charge in [-0.25, -0.2) is 0 Å². The lowest BCUT2D eigenvalue weighted by atomic mass is 9.50. The highest BCUT2D eigenvalue weighted by Gasteiger charge is 2.61. The summed E-state index contributed by atoms with van der Waals surface area (Å²) in [6.45, 7) is 0. The van der Waals surface area contributed by atoms with Crippen LogP contribution in [0.2, 0.25) is 0 Å². The maximum atomic E-state index is 2.41. The molecule has 3 unspecified atom stereocenters. The zero-order valence-electron chi connectivity index (χ0n) is 14.1. The molecule has 1 fully saturated rings. The zero-order chi connectivity index (χ0) is 16.1. The van der Waals surface area contributed by atoms with Crippen LogP contribution in [-0.2, 0) is 0 Å². The third kappa shape index (κ3) is 1.35. The van der Waals surface area contributed by atoms with Gasteiger partial charge in [0.05, 0.1) is 0 Å². The van der Waals surface area contributed by atoms with Crippen molar-refractivity contribution in [2.24, 2.45) is 11.8 Å². The van der Waals surface area contributed by atoms with E-state index in [0.717, 1.165) is 23.7 Å². The molecule has 0 aliphatic heterocycles. The van der Waals surface area contributed by atoms with Crippen LogP contribution in [0.1, 0.15) is 63.5 Å². The monoisotopic (exact) mass is 320 g/mol. The molecule has 5 aliphatic carbocycles. The average Bonchev–Trinajstić information content (AvgIpc) is 3.26. The van der Waals surface area contributed by atoms with Crippen LogP contribution in [-0.4, -0.2) is 0 Å². The minimum atomic E-state index is 0.603. The third-order valence-electron chi connectivity index (χ3n) is 7.78. The highest BCUT2D eigenvalue weighted by molar-refractivity contribution is 5.60. The Bertz CT molecular complexity index is 901. The molecule has 120 valence electrons. The van der Waals surface area contributed by atoms with Crippen molar-refractivity contribution >= 4 is 0 Å². The van der Waals surface area contributed by atoms with E-state index in [-0.39, 0.29) is 0 Å². The van der Waals surface area contributed by atoms with Gasteiger partial charge in [-0.1, -0.05) is 72.8 Å². The van der Waals surface area contributed by atoms with Crippen LogP contribution in [0.25, 0.3) is 0 Å². The molecular weight excluding hydrogens is 300 g/mol. The highest BCUT2D eigenvalue weighted by atomic mass is 14.6. The molecule has 25 heavy (non-hydrogen) atoms. The molecule has 5 aliphatic rings. The molecule has 1 saturated carbocycles. The standard InChI is InChI=1S/C25H20/c1-2-8-15-14(7-1)20-13-21(15)25-23-18-11-5-3-9-16(18)22(24(20)25)17-10-4-6-12-19(17)23/h1-12,20-25H,13H2/t20-,21?,22?,23?,24?,25?/m1/s1. The Morgan fingerprint density at radius 2 is 0.760 bits per heavy atom. The molecule has 4 atom stereocenters. The van der Waals surface area contributed by atoms with Gasteiger partial charge < -0.3 is 0 Å². The third-order valence-corrected chi connectivity index (χ3v) is 7.78. The number of benzene rings is 3. The van der Waals surface area contributed by atoms with Crippen molar-refractivity contribution in [2.75, 3.05) is 0 Å². The molecular formula is C25H20. The Hall–Kier alpha value is -2.34. The first-order chi connectivity index (χ1) is 12.4. The first-order valence-corrected chi connectivity index (χ1v) is 9.70. The fourth-order valence-corrected chi connectivity index (χ4v) is 7.21. The van der Waals surface area contributed by atoms with Gasteiger partial charge in [0.1, 0.15) is 0 Å². The molecule has 0 N–H and O–H groups in total. The second-order valence-corrected chi connectivity index (χ2v) is 8.45. The van der Waals surface area contributed by atoms with E-state index in [1.54, 1.807) is 33.4 Å². The molecule has 3 aromatic rings. The second-order valence-electron chi connectivity index (χ2n) is 8.45. The molecule has 0 heterocycles. The summed E-state index contributed by atoms with van der Waals surface area (Å²) in [6.07, 6.45) is 1.38.